The molecule has 0 saturated carbocycles. The van der Waals surface area contributed by atoms with E-state index in [9.17, 15) is 14.4 Å². The molecule has 1 heterocycles. The number of benzene rings is 1. The zero-order chi connectivity index (χ0) is 19.4. The van der Waals surface area contributed by atoms with Crippen LogP contribution in [0, 0.1) is 0 Å². The molecule has 0 unspecified atom stereocenters. The first-order chi connectivity index (χ1) is 12.2. The van der Waals surface area contributed by atoms with Crippen molar-refractivity contribution >= 4 is 29.4 Å². The third-order valence-corrected chi connectivity index (χ3v) is 4.00. The molecule has 1 aliphatic rings. The Balaban J connectivity index is 2.52. The lowest BCUT2D eigenvalue weighted by molar-refractivity contribution is -0.139. The molecule has 0 fully saturated rings. The summed E-state index contributed by atoms with van der Waals surface area (Å²) in [5.74, 6) is -0.939. The summed E-state index contributed by atoms with van der Waals surface area (Å²) in [6.07, 6.45) is 0. The van der Waals surface area contributed by atoms with Crippen molar-refractivity contribution in [3.63, 3.8) is 0 Å². The number of ketones is 1. The van der Waals surface area contributed by atoms with E-state index in [0.29, 0.717) is 23.4 Å². The van der Waals surface area contributed by atoms with Gasteiger partial charge in [0.15, 0.2) is 23.9 Å². The third kappa shape index (κ3) is 4.26. The van der Waals surface area contributed by atoms with Gasteiger partial charge in [-0.15, -0.1) is 0 Å². The van der Waals surface area contributed by atoms with Crippen LogP contribution in [0.15, 0.2) is 23.4 Å². The maximum Gasteiger partial charge on any atom is 0.341 e. The van der Waals surface area contributed by atoms with Gasteiger partial charge in [0.05, 0.1) is 17.7 Å². The van der Waals surface area contributed by atoms with Crippen LogP contribution in [-0.2, 0) is 9.59 Å². The molecule has 140 valence electrons. The van der Waals surface area contributed by atoms with Crippen molar-refractivity contribution in [1.29, 1.82) is 0 Å². The lowest BCUT2D eigenvalue weighted by Gasteiger charge is -2.29. The molecule has 0 saturated heterocycles. The van der Waals surface area contributed by atoms with Crippen LogP contribution in [0.2, 0.25) is 5.02 Å². The van der Waals surface area contributed by atoms with Crippen LogP contribution >= 0.6 is 11.6 Å². The van der Waals surface area contributed by atoms with Crippen LogP contribution in [0.25, 0.3) is 0 Å². The molecule has 0 aromatic heterocycles. The van der Waals surface area contributed by atoms with Crippen LogP contribution in [0.4, 0.5) is 4.79 Å². The highest BCUT2D eigenvalue weighted by atomic mass is 35.5. The van der Waals surface area contributed by atoms with Gasteiger partial charge in [-0.1, -0.05) is 11.6 Å². The number of halogens is 1. The normalized spacial score (nSPS) is 16.6. The van der Waals surface area contributed by atoms with E-state index in [1.54, 1.807) is 13.8 Å². The molecule has 26 heavy (non-hydrogen) atoms. The molecule has 2 amide bonds. The van der Waals surface area contributed by atoms with Crippen molar-refractivity contribution in [3.8, 4) is 11.5 Å². The second-order valence-corrected chi connectivity index (χ2v) is 5.97. The number of hydrogen-bond donors (Lipinski definition) is 3. The van der Waals surface area contributed by atoms with Gasteiger partial charge >= 0.3 is 12.0 Å². The minimum Gasteiger partial charge on any atom is -0.490 e. The molecule has 8 nitrogen and oxygen atoms in total. The van der Waals surface area contributed by atoms with Crippen molar-refractivity contribution in [1.82, 2.24) is 10.6 Å². The topological polar surface area (TPSA) is 114 Å². The molecule has 2 rings (SSSR count). The number of nitrogens with one attached hydrogen (secondary N) is 2. The second-order valence-electron chi connectivity index (χ2n) is 5.56. The fraction of sp³-hybridized carbons (Fsp3) is 0.353. The summed E-state index contributed by atoms with van der Waals surface area (Å²) in [5, 5.41) is 14.2. The number of rotatable bonds is 7. The Hall–Kier alpha value is -2.74. The zero-order valence-corrected chi connectivity index (χ0v) is 15.3. The number of carbonyl (C=O) groups is 3. The molecular weight excluding hydrogens is 364 g/mol. The molecule has 9 heteroatoms. The van der Waals surface area contributed by atoms with Crippen LogP contribution in [0.3, 0.4) is 0 Å². The number of allylic oxidation sites excluding steroid dienone is 1. The number of carbonyl (C=O) groups excluding carboxylic acids is 2. The smallest absolute Gasteiger partial charge is 0.341 e. The molecule has 1 aliphatic heterocycles. The van der Waals surface area contributed by atoms with E-state index in [1.165, 1.54) is 19.1 Å². The third-order valence-electron chi connectivity index (χ3n) is 3.67. The van der Waals surface area contributed by atoms with Gasteiger partial charge in [0.1, 0.15) is 0 Å². The molecule has 0 spiro atoms. The average Bonchev–Trinajstić information content (AvgIpc) is 2.53. The number of Topliss-reactive ketones (excluding diaryl/α,β-unsaturated/α-hetero) is 1. The Morgan fingerprint density at radius 1 is 1.27 bits per heavy atom. The number of hydrogen-bond acceptors (Lipinski definition) is 5. The first kappa shape index (κ1) is 19.6. The molecular formula is C17H19ClN2O6. The molecule has 1 aromatic rings. The van der Waals surface area contributed by atoms with Crippen LogP contribution in [0.5, 0.6) is 11.5 Å². The minimum absolute atomic E-state index is 0.160. The van der Waals surface area contributed by atoms with Crippen molar-refractivity contribution < 1.29 is 29.0 Å². The Bertz CT molecular complexity index is 790. The van der Waals surface area contributed by atoms with Crippen molar-refractivity contribution in [2.75, 3.05) is 13.2 Å². The lowest BCUT2D eigenvalue weighted by atomic mass is 9.92. The van der Waals surface area contributed by atoms with Gasteiger partial charge in [-0.3, -0.25) is 4.79 Å². The number of aliphatic carboxylic acids is 1. The highest BCUT2D eigenvalue weighted by Crippen LogP contribution is 2.39. The molecule has 1 aromatic carbocycles. The van der Waals surface area contributed by atoms with Gasteiger partial charge in [0.2, 0.25) is 0 Å². The maximum atomic E-state index is 12.1. The fourth-order valence-electron chi connectivity index (χ4n) is 2.69. The molecule has 0 radical (unpaired) electrons. The van der Waals surface area contributed by atoms with E-state index < -0.39 is 24.6 Å². The number of ether oxygens (including phenoxy) is 2. The van der Waals surface area contributed by atoms with Crippen molar-refractivity contribution in [3.05, 3.63) is 34.0 Å². The Morgan fingerprint density at radius 3 is 2.50 bits per heavy atom. The van der Waals surface area contributed by atoms with Gasteiger partial charge in [-0.25, -0.2) is 9.59 Å². The largest absolute Gasteiger partial charge is 0.490 e. The molecule has 1 atom stereocenters. The second kappa shape index (κ2) is 8.09. The fourth-order valence-corrected chi connectivity index (χ4v) is 2.95. The molecule has 3 N–H and O–H groups in total. The first-order valence-electron chi connectivity index (χ1n) is 7.84. The lowest BCUT2D eigenvalue weighted by Crippen LogP contribution is -2.44. The summed E-state index contributed by atoms with van der Waals surface area (Å²) >= 11 is 6.33. The Kier molecular flexibility index (Phi) is 6.10. The summed E-state index contributed by atoms with van der Waals surface area (Å²) in [5.41, 5.74) is 1.25. The minimum atomic E-state index is -1.14. The summed E-state index contributed by atoms with van der Waals surface area (Å²) in [6.45, 7) is 4.53. The maximum absolute atomic E-state index is 12.1. The zero-order valence-electron chi connectivity index (χ0n) is 14.5. The standard InChI is InChI=1S/C17H19ClN2O6/c1-4-25-12-5-10(11(18)6-13(12)26-7-14(22)23)16-15(9(3)21)8(2)19-17(24)20-16/h5-6,16H,4,7H2,1-3H3,(H,22,23)(H2,19,20,24)/t16-/m0/s1. The summed E-state index contributed by atoms with van der Waals surface area (Å²) in [4.78, 5) is 34.6. The highest BCUT2D eigenvalue weighted by molar-refractivity contribution is 6.31. The SMILES string of the molecule is CCOc1cc([C@@H]2NC(=O)NC(C)=C2C(C)=O)c(Cl)cc1OCC(=O)O. The Labute approximate surface area is 155 Å². The van der Waals surface area contributed by atoms with E-state index in [-0.39, 0.29) is 22.3 Å². The van der Waals surface area contributed by atoms with Crippen LogP contribution < -0.4 is 20.1 Å². The van der Waals surface area contributed by atoms with Gasteiger partial charge < -0.3 is 25.2 Å². The summed E-state index contributed by atoms with van der Waals surface area (Å²) in [6, 6.07) is 1.72. The van der Waals surface area contributed by atoms with E-state index in [1.807, 2.05) is 0 Å². The number of amides is 2. The van der Waals surface area contributed by atoms with E-state index in [2.05, 4.69) is 10.6 Å². The quantitative estimate of drug-likeness (QED) is 0.667. The van der Waals surface area contributed by atoms with Crippen LogP contribution in [-0.4, -0.2) is 36.1 Å². The molecule has 0 bridgehead atoms. The number of urea groups is 1. The van der Waals surface area contributed by atoms with Crippen LogP contribution in [0.1, 0.15) is 32.4 Å². The monoisotopic (exact) mass is 382 g/mol. The van der Waals surface area contributed by atoms with E-state index in [4.69, 9.17) is 26.2 Å². The predicted octanol–water partition coefficient (Wildman–Crippen LogP) is 2.42. The van der Waals surface area contributed by atoms with Crippen molar-refractivity contribution in [2.45, 2.75) is 26.8 Å². The number of carboxylic acids is 1. The van der Waals surface area contributed by atoms with Gasteiger partial charge in [-0.2, -0.15) is 0 Å². The highest BCUT2D eigenvalue weighted by Gasteiger charge is 2.31. The van der Waals surface area contributed by atoms with E-state index in [0.717, 1.165) is 0 Å². The van der Waals surface area contributed by atoms with Gasteiger partial charge in [0, 0.05) is 22.9 Å². The number of carboxylic acid groups (broad SMARTS) is 1. The summed E-state index contributed by atoms with van der Waals surface area (Å²) < 4.78 is 10.7. The summed E-state index contributed by atoms with van der Waals surface area (Å²) in [7, 11) is 0. The molecule has 0 aliphatic carbocycles. The van der Waals surface area contributed by atoms with Gasteiger partial charge in [-0.05, 0) is 26.8 Å². The van der Waals surface area contributed by atoms with E-state index >= 15 is 0 Å². The Morgan fingerprint density at radius 2 is 1.92 bits per heavy atom. The first-order valence-corrected chi connectivity index (χ1v) is 8.22. The average molecular weight is 383 g/mol. The predicted molar refractivity (Wildman–Crippen MR) is 93.5 cm³/mol. The van der Waals surface area contributed by atoms with Gasteiger partial charge in [0.25, 0.3) is 0 Å². The van der Waals surface area contributed by atoms with Crippen molar-refractivity contribution in [2.24, 2.45) is 0 Å².